The van der Waals surface area contributed by atoms with E-state index in [2.05, 4.69) is 49.5 Å². The summed E-state index contributed by atoms with van der Waals surface area (Å²) in [6.07, 6.45) is 4.10. The Labute approximate surface area is 148 Å². The predicted octanol–water partition coefficient (Wildman–Crippen LogP) is 2.69. The first-order valence-corrected chi connectivity index (χ1v) is 9.16. The topological polar surface area (TPSA) is 116 Å². The van der Waals surface area contributed by atoms with Gasteiger partial charge in [-0.15, -0.1) is 36.3 Å². The van der Waals surface area contributed by atoms with E-state index in [9.17, 15) is 0 Å². The van der Waals surface area contributed by atoms with Gasteiger partial charge in [0, 0.05) is 21.3 Å². The molecule has 0 bridgehead atoms. The molecule has 1 aromatic heterocycles. The number of nitrogens with zero attached hydrogens (tertiary/aromatic N) is 1. The number of hydrogen-bond donors (Lipinski definition) is 4. The zero-order valence-corrected chi connectivity index (χ0v) is 15.7. The summed E-state index contributed by atoms with van der Waals surface area (Å²) in [6, 6.07) is 2.29. The number of nitrogens with two attached hydrogens (primary N) is 4. The van der Waals surface area contributed by atoms with Crippen molar-refractivity contribution in [3.63, 3.8) is 0 Å². The maximum atomic E-state index is 5.56. The van der Waals surface area contributed by atoms with Gasteiger partial charge in [-0.05, 0) is 62.9 Å². The Bertz CT molecular complexity index is 444. The van der Waals surface area contributed by atoms with Crippen LogP contribution in [-0.4, -0.2) is 19.1 Å². The van der Waals surface area contributed by atoms with Gasteiger partial charge < -0.3 is 11.5 Å². The first-order valence-electron chi connectivity index (χ1n) is 7.30. The number of allylic oxidation sites excluding steroid dienone is 1. The number of hydrazine groups is 1. The van der Waals surface area contributed by atoms with E-state index in [4.69, 9.17) is 11.5 Å². The summed E-state index contributed by atoms with van der Waals surface area (Å²) < 4.78 is 0. The molecule has 0 aliphatic rings. The average molecular weight is 358 g/mol. The second kappa shape index (κ2) is 17.4. The van der Waals surface area contributed by atoms with Gasteiger partial charge in [0.25, 0.3) is 0 Å². The number of aryl methyl sites for hydroxylation is 3. The summed E-state index contributed by atoms with van der Waals surface area (Å²) in [5.74, 6) is 8.58. The Balaban J connectivity index is 0. The van der Waals surface area contributed by atoms with Gasteiger partial charge in [0.05, 0.1) is 0 Å². The van der Waals surface area contributed by atoms with E-state index in [0.717, 1.165) is 37.9 Å². The van der Waals surface area contributed by atoms with E-state index in [1.165, 1.54) is 15.3 Å². The predicted molar refractivity (Wildman–Crippen MR) is 109 cm³/mol. The molecule has 5 nitrogen and oxygen atoms in total. The number of hydrogen-bond acceptors (Lipinski definition) is 7. The SMILES string of the molecule is C=C.C=N/C(=C\SCN)CCc1cc(C)c(CCCN)s1.NN. The fraction of sp³-hybridized carbons (Fsp3) is 0.438. The first kappa shape index (κ1) is 24.3. The maximum Gasteiger partial charge on any atom is 0.0463 e. The van der Waals surface area contributed by atoms with Crippen LogP contribution in [0, 0.1) is 6.92 Å². The normalized spacial score (nSPS) is 10.2. The molecule has 23 heavy (non-hydrogen) atoms. The van der Waals surface area contributed by atoms with Crippen LogP contribution in [0.3, 0.4) is 0 Å². The standard InChI is InChI=1S/C14H23N3S2.C2H4.H4N2/c1-11-8-13(19-14(11)4-3-7-15)6-5-12(17-2)9-18-10-16;2*1-2/h8-9H,2-7,10,15-16H2,1H3;2*1-2H2/b12-9-;;. The minimum Gasteiger partial charge on any atom is -0.330 e. The van der Waals surface area contributed by atoms with Crippen LogP contribution in [0.1, 0.15) is 28.2 Å². The molecule has 0 radical (unpaired) electrons. The van der Waals surface area contributed by atoms with Gasteiger partial charge in [-0.3, -0.25) is 16.7 Å². The third-order valence-electron chi connectivity index (χ3n) is 2.83. The monoisotopic (exact) mass is 357 g/mol. The lowest BCUT2D eigenvalue weighted by molar-refractivity contribution is 0.839. The Kier molecular flexibility index (Phi) is 18.4. The van der Waals surface area contributed by atoms with Gasteiger partial charge in [-0.25, -0.2) is 0 Å². The summed E-state index contributed by atoms with van der Waals surface area (Å²) in [7, 11) is 0. The Morgan fingerprint density at radius 3 is 2.48 bits per heavy atom. The third kappa shape index (κ3) is 11.2. The number of rotatable bonds is 9. The average Bonchev–Trinajstić information content (AvgIpc) is 2.96. The largest absolute Gasteiger partial charge is 0.330 e. The van der Waals surface area contributed by atoms with Gasteiger partial charge in [0.1, 0.15) is 0 Å². The van der Waals surface area contributed by atoms with Crippen molar-refractivity contribution in [1.82, 2.24) is 0 Å². The summed E-state index contributed by atoms with van der Waals surface area (Å²) in [4.78, 5) is 6.92. The molecular formula is C16H31N5S2. The maximum absolute atomic E-state index is 5.56. The molecule has 0 saturated heterocycles. The lowest BCUT2D eigenvalue weighted by atomic mass is 10.1. The molecular weight excluding hydrogens is 326 g/mol. The molecule has 8 N–H and O–H groups in total. The smallest absolute Gasteiger partial charge is 0.0463 e. The fourth-order valence-electron chi connectivity index (χ4n) is 1.80. The van der Waals surface area contributed by atoms with E-state index in [1.807, 2.05) is 16.7 Å². The summed E-state index contributed by atoms with van der Waals surface area (Å²) >= 11 is 3.47. The van der Waals surface area contributed by atoms with Gasteiger partial charge in [0.15, 0.2) is 0 Å². The lowest BCUT2D eigenvalue weighted by Gasteiger charge is -1.99. The molecule has 1 heterocycles. The van der Waals surface area contributed by atoms with E-state index in [1.54, 1.807) is 11.8 Å². The second-order valence-electron chi connectivity index (χ2n) is 4.31. The highest BCUT2D eigenvalue weighted by Gasteiger charge is 2.06. The molecule has 0 fully saturated rings. The molecule has 0 aliphatic carbocycles. The van der Waals surface area contributed by atoms with Crippen molar-refractivity contribution in [2.24, 2.45) is 28.1 Å². The lowest BCUT2D eigenvalue weighted by Crippen LogP contribution is -2.02. The molecule has 0 spiro atoms. The molecule has 0 aliphatic heterocycles. The summed E-state index contributed by atoms with van der Waals surface area (Å²) in [5, 5.41) is 2.00. The highest BCUT2D eigenvalue weighted by atomic mass is 32.2. The number of thioether (sulfide) groups is 1. The molecule has 1 aromatic rings. The van der Waals surface area contributed by atoms with Gasteiger partial charge in [-0.1, -0.05) is 0 Å². The van der Waals surface area contributed by atoms with Crippen LogP contribution in [0.2, 0.25) is 0 Å². The van der Waals surface area contributed by atoms with Crippen LogP contribution < -0.4 is 23.2 Å². The van der Waals surface area contributed by atoms with Gasteiger partial charge in [-0.2, -0.15) is 0 Å². The van der Waals surface area contributed by atoms with Crippen molar-refractivity contribution in [2.45, 2.75) is 32.6 Å². The molecule has 7 heteroatoms. The summed E-state index contributed by atoms with van der Waals surface area (Å²) in [5.41, 5.74) is 13.4. The van der Waals surface area contributed by atoms with Crippen molar-refractivity contribution in [2.75, 3.05) is 12.4 Å². The molecule has 0 aromatic carbocycles. The quantitative estimate of drug-likeness (QED) is 0.178. The molecule has 0 saturated carbocycles. The second-order valence-corrected chi connectivity index (χ2v) is 6.44. The van der Waals surface area contributed by atoms with Gasteiger partial charge >= 0.3 is 0 Å². The van der Waals surface area contributed by atoms with Crippen LogP contribution in [-0.2, 0) is 12.8 Å². The Morgan fingerprint density at radius 1 is 1.30 bits per heavy atom. The van der Waals surface area contributed by atoms with Crippen LogP contribution >= 0.6 is 23.1 Å². The Hall–Kier alpha value is -0.960. The van der Waals surface area contributed by atoms with Crippen molar-refractivity contribution < 1.29 is 0 Å². The number of aliphatic imine (C=N–C) groups is 1. The van der Waals surface area contributed by atoms with Crippen molar-refractivity contribution in [1.29, 1.82) is 0 Å². The van der Waals surface area contributed by atoms with Crippen molar-refractivity contribution in [3.05, 3.63) is 45.6 Å². The minimum atomic E-state index is 0.584. The van der Waals surface area contributed by atoms with Crippen LogP contribution in [0.5, 0.6) is 0 Å². The fourth-order valence-corrected chi connectivity index (χ4v) is 3.50. The van der Waals surface area contributed by atoms with Crippen molar-refractivity contribution >= 4 is 29.8 Å². The van der Waals surface area contributed by atoms with Crippen LogP contribution in [0.15, 0.2) is 35.3 Å². The van der Waals surface area contributed by atoms with E-state index in [0.29, 0.717) is 5.88 Å². The number of thiophene rings is 1. The molecule has 132 valence electrons. The molecule has 1 rings (SSSR count). The van der Waals surface area contributed by atoms with Crippen LogP contribution in [0.4, 0.5) is 0 Å². The minimum absolute atomic E-state index is 0.584. The molecule has 0 amide bonds. The van der Waals surface area contributed by atoms with E-state index in [-0.39, 0.29) is 0 Å². The Morgan fingerprint density at radius 2 is 1.96 bits per heavy atom. The highest BCUT2D eigenvalue weighted by molar-refractivity contribution is 8.02. The first-order chi connectivity index (χ1) is 11.2. The van der Waals surface area contributed by atoms with E-state index >= 15 is 0 Å². The third-order valence-corrected chi connectivity index (χ3v) is 4.81. The summed E-state index contributed by atoms with van der Waals surface area (Å²) in [6.45, 7) is 12.5. The van der Waals surface area contributed by atoms with Crippen LogP contribution in [0.25, 0.3) is 0 Å². The molecule has 0 atom stereocenters. The van der Waals surface area contributed by atoms with Crippen molar-refractivity contribution in [3.8, 4) is 0 Å². The van der Waals surface area contributed by atoms with E-state index < -0.39 is 0 Å². The highest BCUT2D eigenvalue weighted by Crippen LogP contribution is 2.25. The molecule has 0 unspecified atom stereocenters. The van der Waals surface area contributed by atoms with Gasteiger partial charge in [0.2, 0.25) is 0 Å². The zero-order valence-electron chi connectivity index (χ0n) is 14.1. The zero-order chi connectivity index (χ0) is 18.1.